The summed E-state index contributed by atoms with van der Waals surface area (Å²) in [6.45, 7) is 4.43. The van der Waals surface area contributed by atoms with E-state index in [0.717, 1.165) is 15.8 Å². The summed E-state index contributed by atoms with van der Waals surface area (Å²) in [5.41, 5.74) is 8.49. The first-order valence-electron chi connectivity index (χ1n) is 6.36. The van der Waals surface area contributed by atoms with Gasteiger partial charge in [0.1, 0.15) is 5.75 Å². The Kier molecular flexibility index (Phi) is 4.45. The van der Waals surface area contributed by atoms with Crippen LogP contribution in [0.2, 0.25) is 0 Å². The molecule has 0 aromatic heterocycles. The zero-order valence-corrected chi connectivity index (χ0v) is 13.0. The molecule has 0 saturated carbocycles. The van der Waals surface area contributed by atoms with Crippen molar-refractivity contribution in [1.82, 2.24) is 0 Å². The molecular formula is C16H16BrNO2. The first kappa shape index (κ1) is 14.6. The molecule has 0 fully saturated rings. The second kappa shape index (κ2) is 6.09. The van der Waals surface area contributed by atoms with Crippen LogP contribution in [0.5, 0.6) is 5.75 Å². The Bertz CT molecular complexity index is 653. The normalized spacial score (nSPS) is 10.3. The molecule has 2 N–H and O–H groups in total. The third kappa shape index (κ3) is 3.02. The van der Waals surface area contributed by atoms with Crippen LogP contribution >= 0.6 is 15.9 Å². The molecule has 2 aromatic carbocycles. The molecule has 0 bridgehead atoms. The van der Waals surface area contributed by atoms with E-state index in [0.29, 0.717) is 23.4 Å². The minimum atomic E-state index is -0.0880. The van der Waals surface area contributed by atoms with Gasteiger partial charge >= 0.3 is 0 Å². The van der Waals surface area contributed by atoms with Crippen LogP contribution < -0.4 is 10.5 Å². The van der Waals surface area contributed by atoms with E-state index < -0.39 is 0 Å². The lowest BCUT2D eigenvalue weighted by Crippen LogP contribution is -2.06. The number of nitrogens with two attached hydrogens (primary N) is 1. The number of halogens is 1. The summed E-state index contributed by atoms with van der Waals surface area (Å²) in [4.78, 5) is 12.5. The molecule has 20 heavy (non-hydrogen) atoms. The van der Waals surface area contributed by atoms with Crippen LogP contribution in [0.1, 0.15) is 28.4 Å². The van der Waals surface area contributed by atoms with E-state index in [1.165, 1.54) is 0 Å². The van der Waals surface area contributed by atoms with Crippen LogP contribution in [0.3, 0.4) is 0 Å². The highest BCUT2D eigenvalue weighted by Gasteiger charge is 2.14. The van der Waals surface area contributed by atoms with Crippen LogP contribution in [0, 0.1) is 6.92 Å². The zero-order valence-electron chi connectivity index (χ0n) is 11.4. The summed E-state index contributed by atoms with van der Waals surface area (Å²) in [6, 6.07) is 10.7. The number of ether oxygens (including phenoxy) is 1. The van der Waals surface area contributed by atoms with Gasteiger partial charge in [-0.2, -0.15) is 0 Å². The number of ketones is 1. The molecule has 3 nitrogen and oxygen atoms in total. The van der Waals surface area contributed by atoms with E-state index in [4.69, 9.17) is 10.5 Å². The summed E-state index contributed by atoms with van der Waals surface area (Å²) < 4.78 is 6.20. The summed E-state index contributed by atoms with van der Waals surface area (Å²) in [5.74, 6) is 0.635. The number of anilines is 1. The molecule has 4 heteroatoms. The number of rotatable bonds is 4. The van der Waals surface area contributed by atoms with Crippen molar-refractivity contribution in [1.29, 1.82) is 0 Å². The Morgan fingerprint density at radius 1 is 1.25 bits per heavy atom. The van der Waals surface area contributed by atoms with Gasteiger partial charge in [-0.25, -0.2) is 0 Å². The van der Waals surface area contributed by atoms with Crippen molar-refractivity contribution in [2.24, 2.45) is 0 Å². The largest absolute Gasteiger partial charge is 0.493 e. The molecule has 104 valence electrons. The highest BCUT2D eigenvalue weighted by molar-refractivity contribution is 9.10. The number of hydrogen-bond donors (Lipinski definition) is 1. The highest BCUT2D eigenvalue weighted by atomic mass is 79.9. The predicted octanol–water partition coefficient (Wildman–Crippen LogP) is 3.97. The van der Waals surface area contributed by atoms with Gasteiger partial charge in [-0.05, 0) is 60.1 Å². The first-order valence-corrected chi connectivity index (χ1v) is 7.15. The Labute approximate surface area is 126 Å². The van der Waals surface area contributed by atoms with Crippen molar-refractivity contribution in [3.8, 4) is 5.75 Å². The molecule has 0 radical (unpaired) electrons. The maximum absolute atomic E-state index is 12.5. The van der Waals surface area contributed by atoms with E-state index in [1.807, 2.05) is 26.0 Å². The van der Waals surface area contributed by atoms with Crippen molar-refractivity contribution in [3.63, 3.8) is 0 Å². The number of benzene rings is 2. The van der Waals surface area contributed by atoms with Gasteiger partial charge in [0.2, 0.25) is 0 Å². The lowest BCUT2D eigenvalue weighted by Gasteiger charge is -2.09. The minimum Gasteiger partial charge on any atom is -0.493 e. The van der Waals surface area contributed by atoms with Gasteiger partial charge in [0.25, 0.3) is 0 Å². The van der Waals surface area contributed by atoms with Gasteiger partial charge in [-0.3, -0.25) is 4.79 Å². The monoisotopic (exact) mass is 333 g/mol. The highest BCUT2D eigenvalue weighted by Crippen LogP contribution is 2.28. The SMILES string of the molecule is CCOc1ccc(C(=O)c2cc(C)ccc2N)cc1Br. The van der Waals surface area contributed by atoms with Gasteiger partial charge in [0, 0.05) is 16.8 Å². The lowest BCUT2D eigenvalue weighted by molar-refractivity contribution is 0.103. The topological polar surface area (TPSA) is 52.3 Å². The minimum absolute atomic E-state index is 0.0880. The third-order valence-electron chi connectivity index (χ3n) is 2.95. The van der Waals surface area contributed by atoms with Gasteiger partial charge in [0.05, 0.1) is 11.1 Å². The smallest absolute Gasteiger partial charge is 0.195 e. The Hall–Kier alpha value is -1.81. The number of carbonyl (C=O) groups excluding carboxylic acids is 1. The summed E-state index contributed by atoms with van der Waals surface area (Å²) in [5, 5.41) is 0. The first-order chi connectivity index (χ1) is 9.52. The molecule has 0 heterocycles. The van der Waals surface area contributed by atoms with Gasteiger partial charge < -0.3 is 10.5 Å². The Morgan fingerprint density at radius 3 is 2.65 bits per heavy atom. The average molecular weight is 334 g/mol. The van der Waals surface area contributed by atoms with Crippen LogP contribution in [0.4, 0.5) is 5.69 Å². The molecule has 0 atom stereocenters. The lowest BCUT2D eigenvalue weighted by atomic mass is 10.00. The van der Waals surface area contributed by atoms with E-state index in [2.05, 4.69) is 15.9 Å². The molecule has 0 unspecified atom stereocenters. The van der Waals surface area contributed by atoms with Crippen LogP contribution in [-0.2, 0) is 0 Å². The third-order valence-corrected chi connectivity index (χ3v) is 3.57. The number of hydrogen-bond acceptors (Lipinski definition) is 3. The molecule has 2 aromatic rings. The molecule has 0 aliphatic rings. The quantitative estimate of drug-likeness (QED) is 0.680. The zero-order chi connectivity index (χ0) is 14.7. The second-order valence-electron chi connectivity index (χ2n) is 4.50. The van der Waals surface area contributed by atoms with E-state index in [9.17, 15) is 4.79 Å². The van der Waals surface area contributed by atoms with E-state index in [1.54, 1.807) is 24.3 Å². The van der Waals surface area contributed by atoms with Gasteiger partial charge in [-0.1, -0.05) is 11.6 Å². The molecule has 0 amide bonds. The number of carbonyl (C=O) groups is 1. The fraction of sp³-hybridized carbons (Fsp3) is 0.188. The summed E-state index contributed by atoms with van der Waals surface area (Å²) in [6.07, 6.45) is 0. The second-order valence-corrected chi connectivity index (χ2v) is 5.35. The van der Waals surface area contributed by atoms with E-state index >= 15 is 0 Å². The number of aryl methyl sites for hydroxylation is 1. The van der Waals surface area contributed by atoms with Crippen LogP contribution in [0.15, 0.2) is 40.9 Å². The fourth-order valence-corrected chi connectivity index (χ4v) is 2.43. The molecule has 2 rings (SSSR count). The van der Waals surface area contributed by atoms with Gasteiger partial charge in [0.15, 0.2) is 5.78 Å². The predicted molar refractivity (Wildman–Crippen MR) is 84.3 cm³/mol. The van der Waals surface area contributed by atoms with Crippen molar-refractivity contribution in [2.45, 2.75) is 13.8 Å². The van der Waals surface area contributed by atoms with Crippen molar-refractivity contribution < 1.29 is 9.53 Å². The molecular weight excluding hydrogens is 318 g/mol. The van der Waals surface area contributed by atoms with E-state index in [-0.39, 0.29) is 5.78 Å². The number of nitrogen functional groups attached to an aromatic ring is 1. The average Bonchev–Trinajstić information content (AvgIpc) is 2.43. The maximum Gasteiger partial charge on any atom is 0.195 e. The summed E-state index contributed by atoms with van der Waals surface area (Å²) >= 11 is 3.41. The standard InChI is InChI=1S/C16H16BrNO2/c1-3-20-15-7-5-11(9-13(15)17)16(19)12-8-10(2)4-6-14(12)18/h4-9H,3,18H2,1-2H3. The van der Waals surface area contributed by atoms with Gasteiger partial charge in [-0.15, -0.1) is 0 Å². The Morgan fingerprint density at radius 2 is 2.00 bits per heavy atom. The van der Waals surface area contributed by atoms with Crippen molar-refractivity contribution >= 4 is 27.4 Å². The van der Waals surface area contributed by atoms with Crippen molar-refractivity contribution in [2.75, 3.05) is 12.3 Å². The van der Waals surface area contributed by atoms with Crippen molar-refractivity contribution in [3.05, 3.63) is 57.6 Å². The fourth-order valence-electron chi connectivity index (χ4n) is 1.94. The Balaban J connectivity index is 2.38. The molecule has 0 saturated heterocycles. The maximum atomic E-state index is 12.5. The molecule has 0 aliphatic carbocycles. The molecule has 0 aliphatic heterocycles. The molecule has 0 spiro atoms. The summed E-state index contributed by atoms with van der Waals surface area (Å²) in [7, 11) is 0. The van der Waals surface area contributed by atoms with Crippen LogP contribution in [-0.4, -0.2) is 12.4 Å². The van der Waals surface area contributed by atoms with Crippen LogP contribution in [0.25, 0.3) is 0 Å².